The molecule has 5 rings (SSSR count). The van der Waals surface area contributed by atoms with E-state index in [1.54, 1.807) is 19.1 Å². The van der Waals surface area contributed by atoms with Crippen molar-refractivity contribution in [3.63, 3.8) is 0 Å². The minimum absolute atomic E-state index is 0.00309. The van der Waals surface area contributed by atoms with E-state index >= 15 is 0 Å². The Balaban J connectivity index is 1.59. The highest BCUT2D eigenvalue weighted by atomic mass is 32.2. The molecule has 1 amide bonds. The second kappa shape index (κ2) is 9.18. The van der Waals surface area contributed by atoms with Crippen LogP contribution in [0.1, 0.15) is 23.7 Å². The third-order valence-corrected chi connectivity index (χ3v) is 8.01. The van der Waals surface area contributed by atoms with Crippen molar-refractivity contribution in [3.05, 3.63) is 72.2 Å². The van der Waals surface area contributed by atoms with Crippen molar-refractivity contribution in [3.8, 4) is 22.7 Å². The summed E-state index contributed by atoms with van der Waals surface area (Å²) in [5.74, 6) is -1.18. The molecule has 1 fully saturated rings. The van der Waals surface area contributed by atoms with Gasteiger partial charge in [-0.15, -0.1) is 0 Å². The fourth-order valence-corrected chi connectivity index (χ4v) is 6.47. The largest absolute Gasteiger partial charge is 0.435 e. The first kappa shape index (κ1) is 24.8. The third kappa shape index (κ3) is 5.15. The predicted molar refractivity (Wildman–Crippen MR) is 130 cm³/mol. The number of sulfone groups is 1. The normalized spacial score (nSPS) is 18.8. The lowest BCUT2D eigenvalue weighted by Gasteiger charge is -2.23. The van der Waals surface area contributed by atoms with Crippen LogP contribution >= 0.6 is 0 Å². The van der Waals surface area contributed by atoms with Crippen molar-refractivity contribution in [2.24, 2.45) is 0 Å². The quantitative estimate of drug-likeness (QED) is 0.402. The summed E-state index contributed by atoms with van der Waals surface area (Å²) in [6.45, 7) is -1.33. The van der Waals surface area contributed by atoms with Crippen molar-refractivity contribution in [1.29, 1.82) is 0 Å². The number of fused-ring (bicyclic) bond motifs is 1. The van der Waals surface area contributed by atoms with Crippen LogP contribution in [0.25, 0.3) is 28.0 Å². The first-order chi connectivity index (χ1) is 17.5. The Bertz CT molecular complexity index is 1610. The molecule has 1 aliphatic heterocycles. The number of amides is 1. The van der Waals surface area contributed by atoms with Crippen LogP contribution in [0.4, 0.5) is 13.2 Å². The molecule has 8 nitrogen and oxygen atoms in total. The maximum atomic E-state index is 13.6. The lowest BCUT2D eigenvalue weighted by atomic mass is 10.0. The predicted octanol–water partition coefficient (Wildman–Crippen LogP) is 4.14. The van der Waals surface area contributed by atoms with Gasteiger partial charge >= 0.3 is 6.61 Å². The summed E-state index contributed by atoms with van der Waals surface area (Å²) in [6, 6.07) is 13.0. The molecule has 37 heavy (non-hydrogen) atoms. The zero-order valence-corrected chi connectivity index (χ0v) is 20.3. The van der Waals surface area contributed by atoms with Crippen molar-refractivity contribution < 1.29 is 31.1 Å². The molecule has 1 N–H and O–H groups in total. The van der Waals surface area contributed by atoms with Gasteiger partial charge in [-0.25, -0.2) is 22.5 Å². The standard InChI is InChI=1S/C25H21F3N4O4S/c1-25(9-10-37(34,35)14-25)30-23(33)16-11-20-21(15-5-7-17(26)8-6-15)31-32(22(20)29-13-16)18-3-2-4-19(12-18)36-24(27)28/h2-8,11-13,24H,9-10,14H2,1H3,(H,30,33)/t25-/m0/s1. The number of hydrogen-bond donors (Lipinski definition) is 1. The van der Waals surface area contributed by atoms with Gasteiger partial charge in [0.1, 0.15) is 17.3 Å². The van der Waals surface area contributed by atoms with Crippen LogP contribution in [-0.4, -0.2) is 52.7 Å². The van der Waals surface area contributed by atoms with Crippen LogP contribution in [0.2, 0.25) is 0 Å². The molecule has 4 aromatic rings. The fraction of sp³-hybridized carbons (Fsp3) is 0.240. The highest BCUT2D eigenvalue weighted by molar-refractivity contribution is 7.91. The van der Waals surface area contributed by atoms with Crippen molar-refractivity contribution in [1.82, 2.24) is 20.1 Å². The number of nitrogens with zero attached hydrogens (tertiary/aromatic N) is 3. The third-order valence-electron chi connectivity index (χ3n) is 6.11. The van der Waals surface area contributed by atoms with Crippen LogP contribution in [0.15, 0.2) is 60.8 Å². The number of benzene rings is 2. The number of rotatable bonds is 6. The summed E-state index contributed by atoms with van der Waals surface area (Å²) in [7, 11) is -3.23. The summed E-state index contributed by atoms with van der Waals surface area (Å²) in [5, 5.41) is 7.84. The molecular weight excluding hydrogens is 509 g/mol. The SMILES string of the molecule is C[C@]1(NC(=O)c2cnc3c(c2)c(-c2ccc(F)cc2)nn3-c2cccc(OC(F)F)c2)CCS(=O)(=O)C1. The lowest BCUT2D eigenvalue weighted by molar-refractivity contribution is -0.0498. The summed E-state index contributed by atoms with van der Waals surface area (Å²) in [6.07, 6.45) is 1.63. The number of aromatic nitrogens is 3. The molecule has 0 aliphatic carbocycles. The van der Waals surface area contributed by atoms with Crippen LogP contribution in [0.5, 0.6) is 5.75 Å². The fourth-order valence-electron chi connectivity index (χ4n) is 4.37. The molecule has 2 aromatic heterocycles. The molecule has 0 saturated carbocycles. The highest BCUT2D eigenvalue weighted by Crippen LogP contribution is 2.31. The Kier molecular flexibility index (Phi) is 6.14. The van der Waals surface area contributed by atoms with E-state index in [2.05, 4.69) is 20.1 Å². The van der Waals surface area contributed by atoms with Gasteiger partial charge in [0.25, 0.3) is 5.91 Å². The van der Waals surface area contributed by atoms with Gasteiger partial charge < -0.3 is 10.1 Å². The van der Waals surface area contributed by atoms with Crippen molar-refractivity contribution in [2.45, 2.75) is 25.5 Å². The summed E-state index contributed by atoms with van der Waals surface area (Å²) < 4.78 is 68.8. The second-order valence-electron chi connectivity index (χ2n) is 9.10. The monoisotopic (exact) mass is 530 g/mol. The Morgan fingerprint density at radius 1 is 1.16 bits per heavy atom. The van der Waals surface area contributed by atoms with Gasteiger partial charge in [-0.1, -0.05) is 6.07 Å². The Hall–Kier alpha value is -3.93. The average molecular weight is 531 g/mol. The van der Waals surface area contributed by atoms with Gasteiger partial charge in [0.2, 0.25) is 0 Å². The number of carbonyl (C=O) groups excluding carboxylic acids is 1. The van der Waals surface area contributed by atoms with Crippen LogP contribution in [-0.2, 0) is 9.84 Å². The van der Waals surface area contributed by atoms with Gasteiger partial charge in [0.15, 0.2) is 15.5 Å². The Morgan fingerprint density at radius 3 is 2.59 bits per heavy atom. The number of nitrogens with one attached hydrogen (secondary N) is 1. The highest BCUT2D eigenvalue weighted by Gasteiger charge is 2.39. The van der Waals surface area contributed by atoms with E-state index in [4.69, 9.17) is 0 Å². The minimum atomic E-state index is -3.23. The molecule has 0 spiro atoms. The molecule has 3 heterocycles. The maximum absolute atomic E-state index is 13.6. The van der Waals surface area contributed by atoms with E-state index in [0.717, 1.165) is 0 Å². The van der Waals surface area contributed by atoms with Crippen LogP contribution < -0.4 is 10.1 Å². The maximum Gasteiger partial charge on any atom is 0.387 e. The Morgan fingerprint density at radius 2 is 1.92 bits per heavy atom. The van der Waals surface area contributed by atoms with E-state index in [9.17, 15) is 26.4 Å². The zero-order chi connectivity index (χ0) is 26.4. The number of hydrogen-bond acceptors (Lipinski definition) is 6. The van der Waals surface area contributed by atoms with E-state index < -0.39 is 33.7 Å². The number of carbonyl (C=O) groups is 1. The topological polar surface area (TPSA) is 103 Å². The van der Waals surface area contributed by atoms with E-state index in [1.807, 2.05) is 0 Å². The van der Waals surface area contributed by atoms with Gasteiger partial charge in [-0.05, 0) is 55.8 Å². The van der Waals surface area contributed by atoms with Crippen LogP contribution in [0.3, 0.4) is 0 Å². The molecule has 0 radical (unpaired) electrons. The lowest BCUT2D eigenvalue weighted by Crippen LogP contribution is -2.46. The van der Waals surface area contributed by atoms with Crippen molar-refractivity contribution in [2.75, 3.05) is 11.5 Å². The molecule has 192 valence electrons. The zero-order valence-electron chi connectivity index (χ0n) is 19.5. The van der Waals surface area contributed by atoms with Crippen molar-refractivity contribution >= 4 is 26.8 Å². The van der Waals surface area contributed by atoms with Crippen LogP contribution in [0, 0.1) is 5.82 Å². The Labute approximate surface area is 210 Å². The summed E-state index contributed by atoms with van der Waals surface area (Å²) in [5.41, 5.74) is 0.894. The summed E-state index contributed by atoms with van der Waals surface area (Å²) >= 11 is 0. The van der Waals surface area contributed by atoms with E-state index in [1.165, 1.54) is 53.3 Å². The number of pyridine rings is 1. The first-order valence-corrected chi connectivity index (χ1v) is 13.1. The number of ether oxygens (including phenoxy) is 1. The molecule has 0 bridgehead atoms. The second-order valence-corrected chi connectivity index (χ2v) is 11.3. The van der Waals surface area contributed by atoms with Gasteiger partial charge in [0, 0.05) is 23.2 Å². The number of halogens is 3. The van der Waals surface area contributed by atoms with Gasteiger partial charge in [-0.3, -0.25) is 4.79 Å². The molecular formula is C25H21F3N4O4S. The molecule has 12 heteroatoms. The molecule has 0 unspecified atom stereocenters. The molecule has 1 saturated heterocycles. The van der Waals surface area contributed by atoms with Gasteiger partial charge in [0.05, 0.1) is 28.3 Å². The minimum Gasteiger partial charge on any atom is -0.435 e. The summed E-state index contributed by atoms with van der Waals surface area (Å²) in [4.78, 5) is 17.5. The molecule has 2 aromatic carbocycles. The average Bonchev–Trinajstić information content (AvgIpc) is 3.35. The first-order valence-electron chi connectivity index (χ1n) is 11.2. The molecule has 1 aliphatic rings. The number of alkyl halides is 2. The van der Waals surface area contributed by atoms with E-state index in [0.29, 0.717) is 34.4 Å². The molecule has 1 atom stereocenters. The smallest absolute Gasteiger partial charge is 0.387 e. The van der Waals surface area contributed by atoms with E-state index in [-0.39, 0.29) is 22.8 Å². The van der Waals surface area contributed by atoms with Gasteiger partial charge in [-0.2, -0.15) is 13.9 Å².